The number of hydrogen-bond donors (Lipinski definition) is 1. The third-order valence-corrected chi connectivity index (χ3v) is 5.27. The lowest BCUT2D eigenvalue weighted by molar-refractivity contribution is 0.132. The normalized spacial score (nSPS) is 27.3. The molecule has 21 heavy (non-hydrogen) atoms. The molecule has 0 spiro atoms. The van der Waals surface area contributed by atoms with E-state index in [0.29, 0.717) is 11.3 Å². The van der Waals surface area contributed by atoms with E-state index in [1.165, 1.54) is 5.56 Å². The van der Waals surface area contributed by atoms with Gasteiger partial charge < -0.3 is 10.1 Å². The van der Waals surface area contributed by atoms with Crippen molar-refractivity contribution < 1.29 is 4.74 Å². The molecule has 2 unspecified atom stereocenters. The minimum absolute atomic E-state index is 0.209. The summed E-state index contributed by atoms with van der Waals surface area (Å²) in [7, 11) is 1.60. The van der Waals surface area contributed by atoms with Gasteiger partial charge in [-0.3, -0.25) is 4.90 Å². The molecule has 2 saturated heterocycles. The Morgan fingerprint density at radius 3 is 2.90 bits per heavy atom. The highest BCUT2D eigenvalue weighted by atomic mass is 16.5. The molecule has 0 aliphatic carbocycles. The van der Waals surface area contributed by atoms with Crippen LogP contribution in [-0.4, -0.2) is 37.2 Å². The minimum atomic E-state index is 0.209. The van der Waals surface area contributed by atoms with Crippen molar-refractivity contribution in [3.05, 3.63) is 29.3 Å². The Hall–Kier alpha value is -1.57. The van der Waals surface area contributed by atoms with Crippen LogP contribution in [0.15, 0.2) is 18.2 Å². The summed E-state index contributed by atoms with van der Waals surface area (Å²) in [6.07, 6.45) is 0. The van der Waals surface area contributed by atoms with Gasteiger partial charge in [0.1, 0.15) is 11.8 Å². The number of likely N-dealkylation sites (tertiary alicyclic amines) is 1. The van der Waals surface area contributed by atoms with Gasteiger partial charge in [0, 0.05) is 25.2 Å². The van der Waals surface area contributed by atoms with Crippen molar-refractivity contribution in [2.45, 2.75) is 25.9 Å². The summed E-state index contributed by atoms with van der Waals surface area (Å²) in [5.74, 6) is 2.14. The number of benzene rings is 1. The summed E-state index contributed by atoms with van der Waals surface area (Å²) in [4.78, 5) is 2.56. The van der Waals surface area contributed by atoms with Crippen LogP contribution < -0.4 is 10.1 Å². The molecule has 4 nitrogen and oxygen atoms in total. The number of hydrogen-bond acceptors (Lipinski definition) is 4. The van der Waals surface area contributed by atoms with Crippen LogP contribution in [0.1, 0.15) is 25.0 Å². The van der Waals surface area contributed by atoms with E-state index in [-0.39, 0.29) is 5.54 Å². The molecule has 1 aromatic carbocycles. The van der Waals surface area contributed by atoms with E-state index in [4.69, 9.17) is 4.74 Å². The van der Waals surface area contributed by atoms with Crippen molar-refractivity contribution in [1.82, 2.24) is 10.2 Å². The van der Waals surface area contributed by atoms with E-state index in [0.717, 1.165) is 38.0 Å². The van der Waals surface area contributed by atoms with Crippen molar-refractivity contribution >= 4 is 0 Å². The van der Waals surface area contributed by atoms with Crippen LogP contribution in [0.25, 0.3) is 0 Å². The predicted molar refractivity (Wildman–Crippen MR) is 82.0 cm³/mol. The molecule has 2 heterocycles. The fourth-order valence-corrected chi connectivity index (χ4v) is 3.93. The largest absolute Gasteiger partial charge is 0.495 e. The summed E-state index contributed by atoms with van der Waals surface area (Å²) in [5.41, 5.74) is 2.02. The Morgan fingerprint density at radius 2 is 2.24 bits per heavy atom. The first-order valence-electron chi connectivity index (χ1n) is 7.59. The van der Waals surface area contributed by atoms with E-state index in [2.05, 4.69) is 36.2 Å². The monoisotopic (exact) mass is 285 g/mol. The predicted octanol–water partition coefficient (Wildman–Crippen LogP) is 2.00. The van der Waals surface area contributed by atoms with Gasteiger partial charge in [-0.2, -0.15) is 5.26 Å². The highest BCUT2D eigenvalue weighted by Crippen LogP contribution is 2.41. The number of rotatable bonds is 3. The van der Waals surface area contributed by atoms with E-state index in [9.17, 15) is 5.26 Å². The topological polar surface area (TPSA) is 48.3 Å². The highest BCUT2D eigenvalue weighted by molar-refractivity contribution is 5.45. The minimum Gasteiger partial charge on any atom is -0.495 e. The molecule has 2 aliphatic rings. The van der Waals surface area contributed by atoms with Crippen molar-refractivity contribution in [3.63, 3.8) is 0 Å². The third kappa shape index (κ3) is 2.41. The SMILES string of the molecule is COc1ccc(CN2CC3CNCC3C2(C)C)cc1C#N. The maximum atomic E-state index is 9.22. The zero-order valence-electron chi connectivity index (χ0n) is 13.0. The molecule has 1 aromatic rings. The number of nitriles is 1. The summed E-state index contributed by atoms with van der Waals surface area (Å²) < 4.78 is 5.22. The highest BCUT2D eigenvalue weighted by Gasteiger charge is 2.49. The van der Waals surface area contributed by atoms with Gasteiger partial charge in [0.05, 0.1) is 12.7 Å². The van der Waals surface area contributed by atoms with Gasteiger partial charge in [0.25, 0.3) is 0 Å². The van der Waals surface area contributed by atoms with Crippen molar-refractivity contribution in [2.75, 3.05) is 26.7 Å². The lowest BCUT2D eigenvalue weighted by atomic mass is 9.85. The average molecular weight is 285 g/mol. The molecule has 4 heteroatoms. The average Bonchev–Trinajstić information content (AvgIpc) is 3.02. The van der Waals surface area contributed by atoms with Crippen LogP contribution in [-0.2, 0) is 6.54 Å². The number of nitrogens with one attached hydrogen (secondary N) is 1. The van der Waals surface area contributed by atoms with Crippen LogP contribution >= 0.6 is 0 Å². The van der Waals surface area contributed by atoms with Gasteiger partial charge in [-0.05, 0) is 49.9 Å². The molecule has 2 aliphatic heterocycles. The fraction of sp³-hybridized carbons (Fsp3) is 0.588. The fourth-order valence-electron chi connectivity index (χ4n) is 3.93. The first kappa shape index (κ1) is 14.4. The van der Waals surface area contributed by atoms with Gasteiger partial charge >= 0.3 is 0 Å². The molecular formula is C17H23N3O. The molecule has 2 atom stereocenters. The zero-order valence-corrected chi connectivity index (χ0v) is 13.0. The van der Waals surface area contributed by atoms with E-state index >= 15 is 0 Å². The van der Waals surface area contributed by atoms with E-state index < -0.39 is 0 Å². The maximum Gasteiger partial charge on any atom is 0.136 e. The molecule has 0 saturated carbocycles. The van der Waals surface area contributed by atoms with Gasteiger partial charge in [-0.15, -0.1) is 0 Å². The van der Waals surface area contributed by atoms with Gasteiger partial charge in [-0.25, -0.2) is 0 Å². The third-order valence-electron chi connectivity index (χ3n) is 5.27. The van der Waals surface area contributed by atoms with E-state index in [1.54, 1.807) is 7.11 Å². The van der Waals surface area contributed by atoms with Crippen molar-refractivity contribution in [1.29, 1.82) is 5.26 Å². The molecule has 0 radical (unpaired) electrons. The van der Waals surface area contributed by atoms with Crippen LogP contribution in [0.4, 0.5) is 0 Å². The zero-order chi connectivity index (χ0) is 15.0. The molecule has 3 rings (SSSR count). The molecule has 0 bridgehead atoms. The van der Waals surface area contributed by atoms with Crippen LogP contribution in [0.5, 0.6) is 5.75 Å². The quantitative estimate of drug-likeness (QED) is 0.923. The maximum absolute atomic E-state index is 9.22. The molecule has 1 N–H and O–H groups in total. The number of fused-ring (bicyclic) bond motifs is 1. The van der Waals surface area contributed by atoms with E-state index in [1.807, 2.05) is 12.1 Å². The van der Waals surface area contributed by atoms with Gasteiger partial charge in [0.15, 0.2) is 0 Å². The Labute approximate surface area is 126 Å². The summed E-state index contributed by atoms with van der Waals surface area (Å²) >= 11 is 0. The van der Waals surface area contributed by atoms with Crippen molar-refractivity contribution in [3.8, 4) is 11.8 Å². The molecule has 0 aromatic heterocycles. The molecular weight excluding hydrogens is 262 g/mol. The number of ether oxygens (including phenoxy) is 1. The molecule has 112 valence electrons. The molecule has 2 fully saturated rings. The smallest absolute Gasteiger partial charge is 0.136 e. The Bertz CT molecular complexity index is 576. The lowest BCUT2D eigenvalue weighted by Gasteiger charge is -2.35. The first-order chi connectivity index (χ1) is 10.1. The van der Waals surface area contributed by atoms with Crippen LogP contribution in [0.3, 0.4) is 0 Å². The van der Waals surface area contributed by atoms with Gasteiger partial charge in [-0.1, -0.05) is 6.07 Å². The first-order valence-corrected chi connectivity index (χ1v) is 7.59. The van der Waals surface area contributed by atoms with Crippen LogP contribution in [0, 0.1) is 23.2 Å². The molecule has 0 amide bonds. The number of methoxy groups -OCH3 is 1. The summed E-state index contributed by atoms with van der Waals surface area (Å²) in [6, 6.07) is 8.15. The standard InChI is InChI=1S/C17H23N3O/c1-17(2)15-9-19-8-14(15)11-20(17)10-12-4-5-16(21-3)13(6-12)7-18/h4-6,14-15,19H,8-11H2,1-3H3. The summed E-state index contributed by atoms with van der Waals surface area (Å²) in [6.45, 7) is 8.99. The van der Waals surface area contributed by atoms with Crippen molar-refractivity contribution in [2.24, 2.45) is 11.8 Å². The Balaban J connectivity index is 1.80. The lowest BCUT2D eigenvalue weighted by Crippen LogP contribution is -2.43. The summed E-state index contributed by atoms with van der Waals surface area (Å²) in [5, 5.41) is 12.7. The Morgan fingerprint density at radius 1 is 1.43 bits per heavy atom. The van der Waals surface area contributed by atoms with Crippen LogP contribution in [0.2, 0.25) is 0 Å². The van der Waals surface area contributed by atoms with Gasteiger partial charge in [0.2, 0.25) is 0 Å². The second kappa shape index (κ2) is 5.32. The second-order valence-corrected chi connectivity index (χ2v) is 6.71. The second-order valence-electron chi connectivity index (χ2n) is 6.71. The number of nitrogens with zero attached hydrogens (tertiary/aromatic N) is 2. The Kier molecular flexibility index (Phi) is 3.64.